The van der Waals surface area contributed by atoms with E-state index < -0.39 is 11.7 Å². The first-order valence-electron chi connectivity index (χ1n) is 6.61. The van der Waals surface area contributed by atoms with Gasteiger partial charge in [-0.1, -0.05) is 0 Å². The average molecular weight is 307 g/mol. The van der Waals surface area contributed by atoms with Crippen molar-refractivity contribution in [1.29, 1.82) is 0 Å². The van der Waals surface area contributed by atoms with Gasteiger partial charge < -0.3 is 5.32 Å². The van der Waals surface area contributed by atoms with Gasteiger partial charge in [0.25, 0.3) is 0 Å². The minimum atomic E-state index is -4.42. The van der Waals surface area contributed by atoms with Crippen molar-refractivity contribution in [3.63, 3.8) is 0 Å². The van der Waals surface area contributed by atoms with Gasteiger partial charge in [-0.25, -0.2) is 4.98 Å². The number of rotatable bonds is 3. The molecule has 0 saturated heterocycles. The Labute approximate surface area is 123 Å². The molecule has 0 aliphatic carbocycles. The SMILES string of the molecule is CCNc1nccc2[nH]nc(-c3cc(C(F)(F)F)ccn3)c12. The fraction of sp³-hybridized carbons (Fsp3) is 0.214. The zero-order valence-corrected chi connectivity index (χ0v) is 11.6. The zero-order valence-electron chi connectivity index (χ0n) is 11.6. The third kappa shape index (κ3) is 2.47. The fourth-order valence-corrected chi connectivity index (χ4v) is 2.19. The van der Waals surface area contributed by atoms with Crippen molar-refractivity contribution in [3.05, 3.63) is 36.2 Å². The summed E-state index contributed by atoms with van der Waals surface area (Å²) in [6.45, 7) is 2.54. The van der Waals surface area contributed by atoms with Crippen molar-refractivity contribution in [2.75, 3.05) is 11.9 Å². The van der Waals surface area contributed by atoms with E-state index in [1.165, 1.54) is 0 Å². The summed E-state index contributed by atoms with van der Waals surface area (Å²) in [5.41, 5.74) is 0.404. The van der Waals surface area contributed by atoms with E-state index in [9.17, 15) is 13.2 Å². The quantitative estimate of drug-likeness (QED) is 0.777. The van der Waals surface area contributed by atoms with Gasteiger partial charge in [-0.15, -0.1) is 0 Å². The van der Waals surface area contributed by atoms with E-state index in [1.54, 1.807) is 12.3 Å². The molecule has 3 heterocycles. The molecule has 0 radical (unpaired) electrons. The summed E-state index contributed by atoms with van der Waals surface area (Å²) in [6.07, 6.45) is -1.70. The molecule has 2 N–H and O–H groups in total. The number of hydrogen-bond acceptors (Lipinski definition) is 4. The number of alkyl halides is 3. The van der Waals surface area contributed by atoms with Crippen LogP contribution in [0.4, 0.5) is 19.0 Å². The summed E-state index contributed by atoms with van der Waals surface area (Å²) in [5.74, 6) is 0.558. The largest absolute Gasteiger partial charge is 0.416 e. The van der Waals surface area contributed by atoms with Crippen LogP contribution in [0, 0.1) is 0 Å². The van der Waals surface area contributed by atoms with Crippen molar-refractivity contribution in [2.45, 2.75) is 13.1 Å². The summed E-state index contributed by atoms with van der Waals surface area (Å²) in [6, 6.07) is 3.63. The lowest BCUT2D eigenvalue weighted by molar-refractivity contribution is -0.137. The highest BCUT2D eigenvalue weighted by molar-refractivity contribution is 5.99. The maximum atomic E-state index is 12.8. The second kappa shape index (κ2) is 5.28. The second-order valence-corrected chi connectivity index (χ2v) is 4.61. The van der Waals surface area contributed by atoms with Gasteiger partial charge in [-0.3, -0.25) is 10.1 Å². The maximum Gasteiger partial charge on any atom is 0.416 e. The van der Waals surface area contributed by atoms with Gasteiger partial charge in [0.15, 0.2) is 0 Å². The second-order valence-electron chi connectivity index (χ2n) is 4.61. The van der Waals surface area contributed by atoms with Gasteiger partial charge in [0.05, 0.1) is 22.2 Å². The van der Waals surface area contributed by atoms with Gasteiger partial charge >= 0.3 is 6.18 Å². The summed E-state index contributed by atoms with van der Waals surface area (Å²) >= 11 is 0. The first-order valence-corrected chi connectivity index (χ1v) is 6.61. The van der Waals surface area contributed by atoms with Crippen molar-refractivity contribution >= 4 is 16.7 Å². The number of H-pyrrole nitrogens is 1. The van der Waals surface area contributed by atoms with Crippen LogP contribution in [0.2, 0.25) is 0 Å². The molecule has 0 aliphatic heterocycles. The third-order valence-electron chi connectivity index (χ3n) is 3.15. The molecule has 0 aromatic carbocycles. The smallest absolute Gasteiger partial charge is 0.370 e. The van der Waals surface area contributed by atoms with E-state index in [1.807, 2.05) is 6.92 Å². The molecule has 0 spiro atoms. The number of aromatic nitrogens is 4. The summed E-state index contributed by atoms with van der Waals surface area (Å²) < 4.78 is 38.5. The van der Waals surface area contributed by atoms with Crippen LogP contribution in [0.1, 0.15) is 12.5 Å². The van der Waals surface area contributed by atoms with Gasteiger partial charge in [-0.2, -0.15) is 18.3 Å². The minimum Gasteiger partial charge on any atom is -0.370 e. The van der Waals surface area contributed by atoms with Crippen LogP contribution in [0.3, 0.4) is 0 Å². The van der Waals surface area contributed by atoms with E-state index >= 15 is 0 Å². The predicted octanol–water partition coefficient (Wildman–Crippen LogP) is 3.47. The summed E-state index contributed by atoms with van der Waals surface area (Å²) in [4.78, 5) is 8.21. The zero-order chi connectivity index (χ0) is 15.7. The van der Waals surface area contributed by atoms with Crippen LogP contribution in [0.25, 0.3) is 22.3 Å². The van der Waals surface area contributed by atoms with E-state index in [-0.39, 0.29) is 5.69 Å². The molecular formula is C14H12F3N5. The lowest BCUT2D eigenvalue weighted by Gasteiger charge is -2.08. The standard InChI is InChI=1S/C14H12F3N5/c1-2-18-13-11-9(4-6-20-13)21-22-12(11)10-7-8(3-5-19-10)14(15,16)17/h3-7H,2H2,1H3,(H,18,20)(H,21,22). The van der Waals surface area contributed by atoms with E-state index in [4.69, 9.17) is 0 Å². The first-order chi connectivity index (χ1) is 10.5. The number of anilines is 1. The molecule has 0 atom stereocenters. The summed E-state index contributed by atoms with van der Waals surface area (Å²) in [5, 5.41) is 10.6. The molecule has 0 amide bonds. The average Bonchev–Trinajstić information content (AvgIpc) is 2.92. The fourth-order valence-electron chi connectivity index (χ4n) is 2.19. The number of nitrogens with zero attached hydrogens (tertiary/aromatic N) is 3. The molecule has 3 aromatic heterocycles. The Bertz CT molecular complexity index is 810. The molecule has 22 heavy (non-hydrogen) atoms. The van der Waals surface area contributed by atoms with Gasteiger partial charge in [-0.05, 0) is 25.1 Å². The molecule has 5 nitrogen and oxygen atoms in total. The predicted molar refractivity (Wildman–Crippen MR) is 76.3 cm³/mol. The van der Waals surface area contributed by atoms with Gasteiger partial charge in [0.2, 0.25) is 0 Å². The summed E-state index contributed by atoms with van der Waals surface area (Å²) in [7, 11) is 0. The van der Waals surface area contributed by atoms with Crippen LogP contribution in [0.5, 0.6) is 0 Å². The maximum absolute atomic E-state index is 12.8. The third-order valence-corrected chi connectivity index (χ3v) is 3.15. The molecule has 0 fully saturated rings. The van der Waals surface area contributed by atoms with Crippen molar-refractivity contribution in [3.8, 4) is 11.4 Å². The number of fused-ring (bicyclic) bond motifs is 1. The highest BCUT2D eigenvalue weighted by Crippen LogP contribution is 2.34. The Balaban J connectivity index is 2.18. The Morgan fingerprint density at radius 1 is 1.18 bits per heavy atom. The Morgan fingerprint density at radius 2 is 1.95 bits per heavy atom. The molecule has 0 aliphatic rings. The van der Waals surface area contributed by atoms with Crippen LogP contribution in [0.15, 0.2) is 30.6 Å². The molecule has 3 rings (SSSR count). The van der Waals surface area contributed by atoms with E-state index in [0.29, 0.717) is 29.0 Å². The molecule has 3 aromatic rings. The number of nitrogens with one attached hydrogen (secondary N) is 2. The lowest BCUT2D eigenvalue weighted by atomic mass is 10.1. The number of pyridine rings is 2. The van der Waals surface area contributed by atoms with E-state index in [2.05, 4.69) is 25.5 Å². The molecule has 8 heteroatoms. The lowest BCUT2D eigenvalue weighted by Crippen LogP contribution is -2.05. The van der Waals surface area contributed by atoms with Crippen LogP contribution in [-0.2, 0) is 6.18 Å². The highest BCUT2D eigenvalue weighted by Gasteiger charge is 2.31. The molecule has 0 unspecified atom stereocenters. The Morgan fingerprint density at radius 3 is 2.68 bits per heavy atom. The molecule has 114 valence electrons. The molecule has 0 saturated carbocycles. The van der Waals surface area contributed by atoms with Crippen molar-refractivity contribution < 1.29 is 13.2 Å². The normalized spacial score (nSPS) is 11.8. The van der Waals surface area contributed by atoms with Crippen LogP contribution in [-0.4, -0.2) is 26.7 Å². The molecular weight excluding hydrogens is 295 g/mol. The monoisotopic (exact) mass is 307 g/mol. The number of aromatic amines is 1. The van der Waals surface area contributed by atoms with Crippen LogP contribution >= 0.6 is 0 Å². The van der Waals surface area contributed by atoms with Gasteiger partial charge in [0.1, 0.15) is 11.5 Å². The highest BCUT2D eigenvalue weighted by atomic mass is 19.4. The molecule has 0 bridgehead atoms. The number of hydrogen-bond donors (Lipinski definition) is 2. The van der Waals surface area contributed by atoms with Crippen molar-refractivity contribution in [2.24, 2.45) is 0 Å². The first kappa shape index (κ1) is 14.3. The topological polar surface area (TPSA) is 66.5 Å². The van der Waals surface area contributed by atoms with Crippen molar-refractivity contribution in [1.82, 2.24) is 20.2 Å². The van der Waals surface area contributed by atoms with Crippen LogP contribution < -0.4 is 5.32 Å². The van der Waals surface area contributed by atoms with Gasteiger partial charge in [0, 0.05) is 18.9 Å². The van der Waals surface area contributed by atoms with E-state index in [0.717, 1.165) is 18.3 Å². The number of halogens is 3. The Hall–Kier alpha value is -2.64. The Kier molecular flexibility index (Phi) is 3.44. The minimum absolute atomic E-state index is 0.147.